The van der Waals surface area contributed by atoms with Crippen molar-refractivity contribution in [2.24, 2.45) is 5.73 Å². The van der Waals surface area contributed by atoms with Gasteiger partial charge in [0.15, 0.2) is 0 Å². The number of rotatable bonds is 2. The highest BCUT2D eigenvalue weighted by Crippen LogP contribution is 2.34. The molecule has 1 heterocycles. The smallest absolute Gasteiger partial charge is 0.0850 e. The maximum absolute atomic E-state index is 6.03. The van der Waals surface area contributed by atoms with Crippen LogP contribution in [0.5, 0.6) is 0 Å². The van der Waals surface area contributed by atoms with E-state index in [-0.39, 0.29) is 12.1 Å². The van der Waals surface area contributed by atoms with Gasteiger partial charge >= 0.3 is 0 Å². The summed E-state index contributed by atoms with van der Waals surface area (Å²) in [5.41, 5.74) is 9.11. The van der Waals surface area contributed by atoms with Crippen LogP contribution in [-0.4, -0.2) is 36.7 Å². The van der Waals surface area contributed by atoms with Crippen LogP contribution in [0.3, 0.4) is 0 Å². The first-order valence-corrected chi connectivity index (χ1v) is 7.95. The molecule has 1 aromatic carbocycles. The van der Waals surface area contributed by atoms with Crippen molar-refractivity contribution in [3.05, 3.63) is 35.4 Å². The zero-order valence-corrected chi connectivity index (χ0v) is 12.4. The molecule has 2 N–H and O–H groups in total. The van der Waals surface area contributed by atoms with Crippen molar-refractivity contribution in [2.75, 3.05) is 19.7 Å². The molecule has 3 rings (SSSR count). The van der Waals surface area contributed by atoms with Crippen molar-refractivity contribution in [3.8, 4) is 0 Å². The molecule has 1 aliphatic carbocycles. The van der Waals surface area contributed by atoms with E-state index in [4.69, 9.17) is 10.5 Å². The summed E-state index contributed by atoms with van der Waals surface area (Å²) in [6, 6.07) is 9.64. The second kappa shape index (κ2) is 6.25. The second-order valence-electron chi connectivity index (χ2n) is 6.22. The van der Waals surface area contributed by atoms with Gasteiger partial charge in [-0.1, -0.05) is 30.7 Å². The SMILES string of the molecule is CC(N)C1CN(C2CCCCc3ccccc32)CCO1. The molecule has 0 spiro atoms. The molecular formula is C17H26N2O. The largest absolute Gasteiger partial charge is 0.374 e. The molecule has 0 radical (unpaired) electrons. The fourth-order valence-electron chi connectivity index (χ4n) is 3.57. The zero-order valence-electron chi connectivity index (χ0n) is 12.4. The molecule has 3 nitrogen and oxygen atoms in total. The minimum absolute atomic E-state index is 0.110. The van der Waals surface area contributed by atoms with E-state index >= 15 is 0 Å². The summed E-state index contributed by atoms with van der Waals surface area (Å²) in [6.45, 7) is 4.86. The number of ether oxygens (including phenoxy) is 1. The van der Waals surface area contributed by atoms with Gasteiger partial charge in [0, 0.05) is 25.2 Å². The van der Waals surface area contributed by atoms with Crippen LogP contribution >= 0.6 is 0 Å². The minimum atomic E-state index is 0.110. The predicted octanol–water partition coefficient (Wildman–Crippen LogP) is 2.50. The van der Waals surface area contributed by atoms with E-state index in [0.717, 1.165) is 19.7 Å². The molecule has 3 heteroatoms. The third kappa shape index (κ3) is 2.90. The summed E-state index contributed by atoms with van der Waals surface area (Å²) in [6.07, 6.45) is 5.31. The minimum Gasteiger partial charge on any atom is -0.374 e. The molecule has 1 saturated heterocycles. The first-order valence-electron chi connectivity index (χ1n) is 7.95. The number of nitrogens with zero attached hydrogens (tertiary/aromatic N) is 1. The standard InChI is InChI=1S/C17H26N2O/c1-13(18)17-12-19(10-11-20-17)16-9-5-3-7-14-6-2-4-8-15(14)16/h2,4,6,8,13,16-17H,3,5,7,9-12,18H2,1H3. The average Bonchev–Trinajstić information content (AvgIpc) is 2.69. The van der Waals surface area contributed by atoms with E-state index in [0.29, 0.717) is 6.04 Å². The van der Waals surface area contributed by atoms with Gasteiger partial charge in [0.1, 0.15) is 0 Å². The van der Waals surface area contributed by atoms with Crippen molar-refractivity contribution in [2.45, 2.75) is 50.8 Å². The molecule has 1 aromatic rings. The van der Waals surface area contributed by atoms with Crippen LogP contribution in [0.4, 0.5) is 0 Å². The molecule has 0 amide bonds. The normalized spacial score (nSPS) is 29.5. The summed E-state index contributed by atoms with van der Waals surface area (Å²) in [4.78, 5) is 2.60. The maximum atomic E-state index is 6.03. The highest BCUT2D eigenvalue weighted by atomic mass is 16.5. The predicted molar refractivity (Wildman–Crippen MR) is 81.7 cm³/mol. The summed E-state index contributed by atoms with van der Waals surface area (Å²) < 4.78 is 5.81. The van der Waals surface area contributed by atoms with Gasteiger partial charge in [-0.05, 0) is 37.3 Å². The number of fused-ring (bicyclic) bond motifs is 1. The molecule has 20 heavy (non-hydrogen) atoms. The van der Waals surface area contributed by atoms with E-state index in [1.807, 2.05) is 0 Å². The van der Waals surface area contributed by atoms with E-state index in [9.17, 15) is 0 Å². The van der Waals surface area contributed by atoms with E-state index < -0.39 is 0 Å². The van der Waals surface area contributed by atoms with Gasteiger partial charge < -0.3 is 10.5 Å². The van der Waals surface area contributed by atoms with Gasteiger partial charge in [0.2, 0.25) is 0 Å². The average molecular weight is 274 g/mol. The fourth-order valence-corrected chi connectivity index (χ4v) is 3.57. The molecule has 2 aliphatic rings. The van der Waals surface area contributed by atoms with Gasteiger partial charge in [-0.15, -0.1) is 0 Å². The van der Waals surface area contributed by atoms with Crippen LogP contribution in [0.1, 0.15) is 43.4 Å². The Morgan fingerprint density at radius 3 is 3.00 bits per heavy atom. The lowest BCUT2D eigenvalue weighted by molar-refractivity contribution is -0.0533. The molecule has 110 valence electrons. The highest BCUT2D eigenvalue weighted by Gasteiger charge is 2.30. The number of benzene rings is 1. The molecule has 0 bridgehead atoms. The Hall–Kier alpha value is -0.900. The Labute approximate surface area is 122 Å². The molecular weight excluding hydrogens is 248 g/mol. The molecule has 3 atom stereocenters. The second-order valence-corrected chi connectivity index (χ2v) is 6.22. The monoisotopic (exact) mass is 274 g/mol. The Morgan fingerprint density at radius 1 is 1.30 bits per heavy atom. The number of hydrogen-bond acceptors (Lipinski definition) is 3. The van der Waals surface area contributed by atoms with Crippen LogP contribution in [0.15, 0.2) is 24.3 Å². The molecule has 1 aliphatic heterocycles. The maximum Gasteiger partial charge on any atom is 0.0850 e. The lowest BCUT2D eigenvalue weighted by Gasteiger charge is -2.40. The van der Waals surface area contributed by atoms with Crippen molar-refractivity contribution in [1.82, 2.24) is 4.90 Å². The van der Waals surface area contributed by atoms with Gasteiger partial charge in [-0.3, -0.25) is 4.90 Å². The number of hydrogen-bond donors (Lipinski definition) is 1. The first kappa shape index (κ1) is 14.1. The lowest BCUT2D eigenvalue weighted by atomic mass is 9.96. The Bertz CT molecular complexity index is 446. The lowest BCUT2D eigenvalue weighted by Crippen LogP contribution is -2.50. The third-order valence-electron chi connectivity index (χ3n) is 4.74. The summed E-state index contributed by atoms with van der Waals surface area (Å²) in [5.74, 6) is 0. The Balaban J connectivity index is 1.82. The van der Waals surface area contributed by atoms with Gasteiger partial charge in [0.25, 0.3) is 0 Å². The first-order chi connectivity index (χ1) is 9.75. The summed E-state index contributed by atoms with van der Waals surface area (Å²) >= 11 is 0. The van der Waals surface area contributed by atoms with Crippen LogP contribution in [0, 0.1) is 0 Å². The van der Waals surface area contributed by atoms with Crippen molar-refractivity contribution in [3.63, 3.8) is 0 Å². The number of nitrogens with two attached hydrogens (primary N) is 1. The van der Waals surface area contributed by atoms with Gasteiger partial charge in [-0.2, -0.15) is 0 Å². The van der Waals surface area contributed by atoms with E-state index in [2.05, 4.69) is 36.1 Å². The molecule has 1 fully saturated rings. The van der Waals surface area contributed by atoms with Crippen LogP contribution in [0.2, 0.25) is 0 Å². The topological polar surface area (TPSA) is 38.5 Å². The van der Waals surface area contributed by atoms with Gasteiger partial charge in [-0.25, -0.2) is 0 Å². The van der Waals surface area contributed by atoms with Crippen LogP contribution in [-0.2, 0) is 11.2 Å². The number of morpholine rings is 1. The van der Waals surface area contributed by atoms with Gasteiger partial charge in [0.05, 0.1) is 12.7 Å². The van der Waals surface area contributed by atoms with E-state index in [1.54, 1.807) is 5.56 Å². The quantitative estimate of drug-likeness (QED) is 0.842. The Kier molecular flexibility index (Phi) is 4.39. The molecule has 0 saturated carbocycles. The van der Waals surface area contributed by atoms with Crippen molar-refractivity contribution in [1.29, 1.82) is 0 Å². The Morgan fingerprint density at radius 2 is 2.15 bits per heavy atom. The van der Waals surface area contributed by atoms with Crippen molar-refractivity contribution < 1.29 is 4.74 Å². The number of aryl methyl sites for hydroxylation is 1. The van der Waals surface area contributed by atoms with Crippen molar-refractivity contribution >= 4 is 0 Å². The fraction of sp³-hybridized carbons (Fsp3) is 0.647. The third-order valence-corrected chi connectivity index (χ3v) is 4.74. The van der Waals surface area contributed by atoms with Crippen LogP contribution < -0.4 is 5.73 Å². The highest BCUT2D eigenvalue weighted by molar-refractivity contribution is 5.31. The summed E-state index contributed by atoms with van der Waals surface area (Å²) in [5, 5.41) is 0. The van der Waals surface area contributed by atoms with Crippen LogP contribution in [0.25, 0.3) is 0 Å². The molecule has 3 unspecified atom stereocenters. The van der Waals surface area contributed by atoms with E-state index in [1.165, 1.54) is 31.2 Å². The molecule has 0 aromatic heterocycles. The summed E-state index contributed by atoms with van der Waals surface area (Å²) in [7, 11) is 0. The zero-order chi connectivity index (χ0) is 13.9.